The summed E-state index contributed by atoms with van der Waals surface area (Å²) in [6, 6.07) is 7.03. The van der Waals surface area contributed by atoms with E-state index >= 15 is 0 Å². The fourth-order valence-electron chi connectivity index (χ4n) is 1.44. The van der Waals surface area contributed by atoms with E-state index in [0.29, 0.717) is 24.5 Å². The van der Waals surface area contributed by atoms with E-state index in [1.165, 1.54) is 0 Å². The molecule has 0 radical (unpaired) electrons. The van der Waals surface area contributed by atoms with Gasteiger partial charge in [-0.15, -0.1) is 0 Å². The highest BCUT2D eigenvalue weighted by atomic mass is 16.6. The van der Waals surface area contributed by atoms with Crippen molar-refractivity contribution in [2.75, 3.05) is 19.8 Å². The third-order valence-corrected chi connectivity index (χ3v) is 2.56. The van der Waals surface area contributed by atoms with Crippen LogP contribution in [0.5, 0.6) is 5.75 Å². The predicted molar refractivity (Wildman–Crippen MR) is 81.6 cm³/mol. The molecule has 1 aromatic rings. The number of rotatable bonds is 8. The van der Waals surface area contributed by atoms with E-state index in [-0.39, 0.29) is 13.2 Å². The molecule has 0 heterocycles. The fourth-order valence-corrected chi connectivity index (χ4v) is 1.44. The Labute approximate surface area is 130 Å². The van der Waals surface area contributed by atoms with E-state index in [4.69, 9.17) is 14.2 Å². The zero-order chi connectivity index (χ0) is 16.4. The molecule has 6 heteroatoms. The summed E-state index contributed by atoms with van der Waals surface area (Å²) < 4.78 is 15.2. The van der Waals surface area contributed by atoms with Crippen molar-refractivity contribution in [1.29, 1.82) is 0 Å². The van der Waals surface area contributed by atoms with Crippen molar-refractivity contribution in [3.63, 3.8) is 0 Å². The first-order chi connectivity index (χ1) is 10.5. The molecule has 1 N–H and O–H groups in total. The minimum atomic E-state index is -0.607. The zero-order valence-corrected chi connectivity index (χ0v) is 12.9. The quantitative estimate of drug-likeness (QED) is 0.453. The highest BCUT2D eigenvalue weighted by molar-refractivity contribution is 5.86. The van der Waals surface area contributed by atoms with Crippen LogP contribution in [0.25, 0.3) is 0 Å². The van der Waals surface area contributed by atoms with Crippen molar-refractivity contribution < 1.29 is 23.8 Å². The largest absolute Gasteiger partial charge is 0.460 e. The van der Waals surface area contributed by atoms with Crippen LogP contribution in [0.4, 0.5) is 4.79 Å². The predicted octanol–water partition coefficient (Wildman–Crippen LogP) is 2.43. The molecule has 1 amide bonds. The molecule has 0 aliphatic rings. The summed E-state index contributed by atoms with van der Waals surface area (Å²) in [6.07, 6.45) is -0.607. The number of carbonyl (C=O) groups excluding carboxylic acids is 2. The summed E-state index contributed by atoms with van der Waals surface area (Å²) in [4.78, 5) is 22.6. The van der Waals surface area contributed by atoms with Crippen LogP contribution in [0.3, 0.4) is 0 Å². The average Bonchev–Trinajstić information content (AvgIpc) is 2.50. The number of ether oxygens (including phenoxy) is 3. The zero-order valence-electron chi connectivity index (χ0n) is 12.9. The number of hydrogen-bond donors (Lipinski definition) is 1. The second-order valence-corrected chi connectivity index (χ2v) is 4.51. The molecule has 120 valence electrons. The number of carbonyl (C=O) groups is 2. The van der Waals surface area contributed by atoms with E-state index in [2.05, 4.69) is 11.9 Å². The molecule has 0 aromatic heterocycles. The van der Waals surface area contributed by atoms with Gasteiger partial charge >= 0.3 is 12.1 Å². The number of amides is 1. The molecule has 0 saturated carbocycles. The Balaban J connectivity index is 2.27. The molecule has 0 spiro atoms. The van der Waals surface area contributed by atoms with Gasteiger partial charge in [0.2, 0.25) is 0 Å². The number of esters is 1. The molecule has 0 fully saturated rings. The van der Waals surface area contributed by atoms with Crippen LogP contribution in [0.2, 0.25) is 0 Å². The van der Waals surface area contributed by atoms with Crippen molar-refractivity contribution in [2.24, 2.45) is 0 Å². The highest BCUT2D eigenvalue weighted by Gasteiger charge is 2.06. The first-order valence-corrected chi connectivity index (χ1v) is 6.98. The molecule has 0 saturated heterocycles. The molecule has 0 atom stereocenters. The van der Waals surface area contributed by atoms with Gasteiger partial charge in [0.25, 0.3) is 0 Å². The lowest BCUT2D eigenvalue weighted by Gasteiger charge is -2.08. The maximum atomic E-state index is 11.5. The Morgan fingerprint density at radius 3 is 2.50 bits per heavy atom. The molecule has 6 nitrogen and oxygen atoms in total. The van der Waals surface area contributed by atoms with Gasteiger partial charge in [-0.3, -0.25) is 0 Å². The Bertz CT molecular complexity index is 510. The molecule has 1 rings (SSSR count). The summed E-state index contributed by atoms with van der Waals surface area (Å²) in [7, 11) is 0. The van der Waals surface area contributed by atoms with Crippen molar-refractivity contribution in [3.8, 4) is 5.75 Å². The summed E-state index contributed by atoms with van der Waals surface area (Å²) in [5, 5.41) is 2.48. The fraction of sp³-hybridized carbons (Fsp3) is 0.375. The van der Waals surface area contributed by atoms with Crippen LogP contribution in [-0.4, -0.2) is 31.8 Å². The Hall–Kier alpha value is -2.34. The second kappa shape index (κ2) is 9.57. The Morgan fingerprint density at radius 1 is 1.23 bits per heavy atom. The molecule has 0 aliphatic carbocycles. The van der Waals surface area contributed by atoms with Gasteiger partial charge in [0, 0.05) is 12.2 Å². The third kappa shape index (κ3) is 6.90. The molecule has 0 unspecified atom stereocenters. The average molecular weight is 307 g/mol. The molecule has 0 bridgehead atoms. The van der Waals surface area contributed by atoms with Crippen molar-refractivity contribution >= 4 is 12.1 Å². The maximum Gasteiger partial charge on any atom is 0.412 e. The van der Waals surface area contributed by atoms with Gasteiger partial charge < -0.3 is 19.5 Å². The van der Waals surface area contributed by atoms with Crippen LogP contribution in [0, 0.1) is 0 Å². The lowest BCUT2D eigenvalue weighted by Crippen LogP contribution is -2.30. The van der Waals surface area contributed by atoms with Crippen LogP contribution in [-0.2, 0) is 20.9 Å². The minimum absolute atomic E-state index is 0.0636. The standard InChI is InChI=1S/C16H21NO5/c1-4-20-11-13-5-7-14(8-6-13)22-16(19)17-9-10-21-15(18)12(2)3/h5-8H,2,4,9-11H2,1,3H3,(H,17,19). The van der Waals surface area contributed by atoms with Gasteiger partial charge in [-0.2, -0.15) is 0 Å². The van der Waals surface area contributed by atoms with Gasteiger partial charge in [0.05, 0.1) is 13.2 Å². The molecule has 22 heavy (non-hydrogen) atoms. The first kappa shape index (κ1) is 17.7. The van der Waals surface area contributed by atoms with Gasteiger partial charge in [-0.1, -0.05) is 18.7 Å². The van der Waals surface area contributed by atoms with Crippen molar-refractivity contribution in [1.82, 2.24) is 5.32 Å². The van der Waals surface area contributed by atoms with Gasteiger partial charge in [0.1, 0.15) is 12.4 Å². The first-order valence-electron chi connectivity index (χ1n) is 6.98. The number of hydrogen-bond acceptors (Lipinski definition) is 5. The maximum absolute atomic E-state index is 11.5. The van der Waals surface area contributed by atoms with E-state index in [9.17, 15) is 9.59 Å². The van der Waals surface area contributed by atoms with Gasteiger partial charge in [0.15, 0.2) is 0 Å². The highest BCUT2D eigenvalue weighted by Crippen LogP contribution is 2.12. The lowest BCUT2D eigenvalue weighted by atomic mass is 10.2. The smallest absolute Gasteiger partial charge is 0.412 e. The second-order valence-electron chi connectivity index (χ2n) is 4.51. The molecular weight excluding hydrogens is 286 g/mol. The summed E-state index contributed by atoms with van der Waals surface area (Å²) in [5.41, 5.74) is 1.32. The third-order valence-electron chi connectivity index (χ3n) is 2.56. The summed E-state index contributed by atoms with van der Waals surface area (Å²) in [5.74, 6) is -0.0586. The van der Waals surface area contributed by atoms with E-state index in [1.54, 1.807) is 19.1 Å². The van der Waals surface area contributed by atoms with Gasteiger partial charge in [-0.05, 0) is 31.5 Å². The van der Waals surface area contributed by atoms with Crippen LogP contribution in [0.1, 0.15) is 19.4 Å². The SMILES string of the molecule is C=C(C)C(=O)OCCNC(=O)Oc1ccc(COCC)cc1. The van der Waals surface area contributed by atoms with Crippen molar-refractivity contribution in [3.05, 3.63) is 42.0 Å². The summed E-state index contributed by atoms with van der Waals surface area (Å²) in [6.45, 7) is 8.34. The van der Waals surface area contributed by atoms with Crippen molar-refractivity contribution in [2.45, 2.75) is 20.5 Å². The van der Waals surface area contributed by atoms with Crippen LogP contribution < -0.4 is 10.1 Å². The minimum Gasteiger partial charge on any atom is -0.460 e. The normalized spacial score (nSPS) is 9.91. The van der Waals surface area contributed by atoms with Crippen LogP contribution >= 0.6 is 0 Å². The van der Waals surface area contributed by atoms with Gasteiger partial charge in [-0.25, -0.2) is 9.59 Å². The molecule has 0 aliphatic heterocycles. The van der Waals surface area contributed by atoms with E-state index in [1.807, 2.05) is 19.1 Å². The van der Waals surface area contributed by atoms with E-state index in [0.717, 1.165) is 5.56 Å². The monoisotopic (exact) mass is 307 g/mol. The lowest BCUT2D eigenvalue weighted by molar-refractivity contribution is -0.138. The van der Waals surface area contributed by atoms with E-state index < -0.39 is 12.1 Å². The molecule has 1 aromatic carbocycles. The molecular formula is C16H21NO5. The topological polar surface area (TPSA) is 73.9 Å². The Kier molecular flexibility index (Phi) is 7.70. The Morgan fingerprint density at radius 2 is 1.91 bits per heavy atom. The number of nitrogens with one attached hydrogen (secondary N) is 1. The number of benzene rings is 1. The summed E-state index contributed by atoms with van der Waals surface area (Å²) >= 11 is 0. The van der Waals surface area contributed by atoms with Crippen LogP contribution in [0.15, 0.2) is 36.4 Å².